The van der Waals surface area contributed by atoms with Gasteiger partial charge in [-0.1, -0.05) is 35.4 Å². The third kappa shape index (κ3) is 3.01. The van der Waals surface area contributed by atoms with E-state index in [9.17, 15) is 5.11 Å². The van der Waals surface area contributed by atoms with E-state index in [1.165, 1.54) is 12.1 Å². The molecule has 0 amide bonds. The molecule has 0 aliphatic rings. The van der Waals surface area contributed by atoms with E-state index in [1.807, 2.05) is 41.5 Å². The third-order valence-corrected chi connectivity index (χ3v) is 4.99. The van der Waals surface area contributed by atoms with Gasteiger partial charge in [0.25, 0.3) is 0 Å². The Hall–Kier alpha value is -2.61. The predicted molar refractivity (Wildman–Crippen MR) is 107 cm³/mol. The van der Waals surface area contributed by atoms with Crippen molar-refractivity contribution >= 4 is 0 Å². The summed E-state index contributed by atoms with van der Waals surface area (Å²) in [5, 5.41) is 10.7. The van der Waals surface area contributed by atoms with Gasteiger partial charge in [0, 0.05) is 11.1 Å². The molecule has 0 aliphatic carbocycles. The Morgan fingerprint density at radius 2 is 0.962 bits per heavy atom. The molecular weight excluding hydrogens is 323 g/mol. The molecule has 1 N–H and O–H groups in total. The van der Waals surface area contributed by atoms with Crippen LogP contribution in [-0.2, 0) is 0 Å². The standard InChI is InChI=1S/C24H25FO/c1-13-9-15(3)21(16(4)10-13)23-19(25)7-8-20(26)24(23)22-17(5)11-14(2)12-18(22)6/h7-12,26H,1-6H3. The van der Waals surface area contributed by atoms with Gasteiger partial charge in [0.05, 0.1) is 0 Å². The molecule has 0 heterocycles. The summed E-state index contributed by atoms with van der Waals surface area (Å²) < 4.78 is 15.1. The van der Waals surface area contributed by atoms with E-state index in [0.717, 1.165) is 44.5 Å². The summed E-state index contributed by atoms with van der Waals surface area (Å²) in [5.41, 5.74) is 9.22. The van der Waals surface area contributed by atoms with Crippen molar-refractivity contribution in [2.24, 2.45) is 0 Å². The average Bonchev–Trinajstić information content (AvgIpc) is 2.51. The van der Waals surface area contributed by atoms with Gasteiger partial charge in [-0.25, -0.2) is 4.39 Å². The lowest BCUT2D eigenvalue weighted by molar-refractivity contribution is 0.475. The van der Waals surface area contributed by atoms with Crippen LogP contribution in [0.25, 0.3) is 22.3 Å². The van der Waals surface area contributed by atoms with Gasteiger partial charge in [-0.05, 0) is 87.1 Å². The Morgan fingerprint density at radius 3 is 1.38 bits per heavy atom. The molecule has 0 atom stereocenters. The normalized spacial score (nSPS) is 11.0. The lowest BCUT2D eigenvalue weighted by Gasteiger charge is -2.20. The van der Waals surface area contributed by atoms with Crippen molar-refractivity contribution in [2.45, 2.75) is 41.5 Å². The van der Waals surface area contributed by atoms with Crippen molar-refractivity contribution in [3.8, 4) is 28.0 Å². The Labute approximate surface area is 155 Å². The van der Waals surface area contributed by atoms with E-state index in [-0.39, 0.29) is 11.6 Å². The van der Waals surface area contributed by atoms with Crippen LogP contribution in [0.15, 0.2) is 36.4 Å². The van der Waals surface area contributed by atoms with Gasteiger partial charge in [0.15, 0.2) is 0 Å². The number of hydrogen-bond donors (Lipinski definition) is 1. The number of aromatic hydroxyl groups is 1. The summed E-state index contributed by atoms with van der Waals surface area (Å²) in [6.45, 7) is 12.1. The summed E-state index contributed by atoms with van der Waals surface area (Å²) in [7, 11) is 0. The molecule has 134 valence electrons. The molecule has 0 saturated carbocycles. The van der Waals surface area contributed by atoms with Crippen molar-refractivity contribution in [2.75, 3.05) is 0 Å². The topological polar surface area (TPSA) is 20.2 Å². The molecular formula is C24H25FO. The van der Waals surface area contributed by atoms with Crippen LogP contribution in [0.3, 0.4) is 0 Å². The van der Waals surface area contributed by atoms with E-state index in [0.29, 0.717) is 11.1 Å². The van der Waals surface area contributed by atoms with E-state index < -0.39 is 0 Å². The first-order chi connectivity index (χ1) is 12.2. The molecule has 0 bridgehead atoms. The fourth-order valence-electron chi connectivity index (χ4n) is 4.21. The van der Waals surface area contributed by atoms with E-state index in [1.54, 1.807) is 0 Å². The SMILES string of the molecule is Cc1cc(C)c(-c2c(O)ccc(F)c2-c2c(C)cc(C)cc2C)c(C)c1. The van der Waals surface area contributed by atoms with Gasteiger partial charge in [-0.2, -0.15) is 0 Å². The smallest absolute Gasteiger partial charge is 0.131 e. The largest absolute Gasteiger partial charge is 0.507 e. The number of phenolic OH excluding ortho intramolecular Hbond substituents is 1. The van der Waals surface area contributed by atoms with E-state index in [4.69, 9.17) is 0 Å². The number of aryl methyl sites for hydroxylation is 6. The maximum Gasteiger partial charge on any atom is 0.131 e. The zero-order chi connectivity index (χ0) is 19.2. The molecule has 0 saturated heterocycles. The number of hydrogen-bond acceptors (Lipinski definition) is 1. The second kappa shape index (κ2) is 6.60. The lowest BCUT2D eigenvalue weighted by atomic mass is 9.84. The molecule has 2 heteroatoms. The van der Waals surface area contributed by atoms with Crippen molar-refractivity contribution in [1.29, 1.82) is 0 Å². The van der Waals surface area contributed by atoms with E-state index >= 15 is 4.39 Å². The fraction of sp³-hybridized carbons (Fsp3) is 0.250. The molecule has 0 radical (unpaired) electrons. The van der Waals surface area contributed by atoms with Crippen molar-refractivity contribution in [3.63, 3.8) is 0 Å². The first kappa shape index (κ1) is 18.2. The summed E-state index contributed by atoms with van der Waals surface area (Å²) >= 11 is 0. The molecule has 1 nitrogen and oxygen atoms in total. The second-order valence-electron chi connectivity index (χ2n) is 7.36. The van der Waals surface area contributed by atoms with Gasteiger partial charge >= 0.3 is 0 Å². The zero-order valence-electron chi connectivity index (χ0n) is 16.3. The first-order valence-electron chi connectivity index (χ1n) is 8.88. The maximum absolute atomic E-state index is 15.1. The minimum absolute atomic E-state index is 0.107. The van der Waals surface area contributed by atoms with Crippen LogP contribution in [-0.4, -0.2) is 5.11 Å². The number of phenols is 1. The molecule has 3 aromatic carbocycles. The van der Waals surface area contributed by atoms with E-state index in [2.05, 4.69) is 24.3 Å². The Morgan fingerprint density at radius 1 is 0.577 bits per heavy atom. The van der Waals surface area contributed by atoms with Gasteiger partial charge in [0.1, 0.15) is 11.6 Å². The van der Waals surface area contributed by atoms with Crippen molar-refractivity contribution in [3.05, 3.63) is 75.6 Å². The highest BCUT2D eigenvalue weighted by molar-refractivity contribution is 5.92. The van der Waals surface area contributed by atoms with Crippen LogP contribution in [0.2, 0.25) is 0 Å². The van der Waals surface area contributed by atoms with Gasteiger partial charge in [-0.15, -0.1) is 0 Å². The highest BCUT2D eigenvalue weighted by Crippen LogP contribution is 2.45. The minimum Gasteiger partial charge on any atom is -0.507 e. The first-order valence-corrected chi connectivity index (χ1v) is 8.88. The van der Waals surface area contributed by atoms with Crippen molar-refractivity contribution < 1.29 is 9.50 Å². The quantitative estimate of drug-likeness (QED) is 0.545. The lowest BCUT2D eigenvalue weighted by Crippen LogP contribution is -1.99. The summed E-state index contributed by atoms with van der Waals surface area (Å²) in [6, 6.07) is 11.1. The van der Waals surface area contributed by atoms with Crippen LogP contribution >= 0.6 is 0 Å². The Balaban J connectivity index is 2.46. The minimum atomic E-state index is -0.313. The van der Waals surface area contributed by atoms with Crippen LogP contribution in [0.1, 0.15) is 33.4 Å². The number of halogens is 1. The number of benzene rings is 3. The van der Waals surface area contributed by atoms with Crippen LogP contribution in [0.5, 0.6) is 5.75 Å². The van der Waals surface area contributed by atoms with Gasteiger partial charge in [0.2, 0.25) is 0 Å². The number of rotatable bonds is 2. The third-order valence-electron chi connectivity index (χ3n) is 4.99. The zero-order valence-corrected chi connectivity index (χ0v) is 16.3. The summed E-state index contributed by atoms with van der Waals surface area (Å²) in [6.07, 6.45) is 0. The fourth-order valence-corrected chi connectivity index (χ4v) is 4.21. The summed E-state index contributed by atoms with van der Waals surface area (Å²) in [5.74, 6) is -0.206. The monoisotopic (exact) mass is 348 g/mol. The highest BCUT2D eigenvalue weighted by Gasteiger charge is 2.22. The average molecular weight is 348 g/mol. The molecule has 26 heavy (non-hydrogen) atoms. The van der Waals surface area contributed by atoms with Crippen molar-refractivity contribution in [1.82, 2.24) is 0 Å². The van der Waals surface area contributed by atoms with Crippen LogP contribution < -0.4 is 0 Å². The van der Waals surface area contributed by atoms with Crippen LogP contribution in [0, 0.1) is 47.4 Å². The molecule has 3 aromatic rings. The Bertz CT molecular complexity index is 886. The summed E-state index contributed by atoms with van der Waals surface area (Å²) in [4.78, 5) is 0. The maximum atomic E-state index is 15.1. The van der Waals surface area contributed by atoms with Crippen LogP contribution in [0.4, 0.5) is 4.39 Å². The van der Waals surface area contributed by atoms with Gasteiger partial charge < -0.3 is 5.11 Å². The predicted octanol–water partition coefficient (Wildman–Crippen LogP) is 6.72. The molecule has 0 unspecified atom stereocenters. The molecule has 0 aromatic heterocycles. The highest BCUT2D eigenvalue weighted by atomic mass is 19.1. The second-order valence-corrected chi connectivity index (χ2v) is 7.36. The molecule has 0 spiro atoms. The Kier molecular flexibility index (Phi) is 4.62. The molecule has 3 rings (SSSR count). The molecule has 0 fully saturated rings. The molecule has 0 aliphatic heterocycles. The van der Waals surface area contributed by atoms with Gasteiger partial charge in [-0.3, -0.25) is 0 Å².